The largest absolute Gasteiger partial charge is 0.497 e. The predicted octanol–water partition coefficient (Wildman–Crippen LogP) is 3.63. The summed E-state index contributed by atoms with van der Waals surface area (Å²) in [6.45, 7) is 1.19. The molecule has 29 heavy (non-hydrogen) atoms. The van der Waals surface area contributed by atoms with Crippen molar-refractivity contribution in [2.45, 2.75) is 25.7 Å². The summed E-state index contributed by atoms with van der Waals surface area (Å²) < 4.78 is 5.22. The lowest BCUT2D eigenvalue weighted by molar-refractivity contribution is -0.132. The van der Waals surface area contributed by atoms with Crippen LogP contribution in [0.3, 0.4) is 0 Å². The zero-order valence-corrected chi connectivity index (χ0v) is 16.6. The summed E-state index contributed by atoms with van der Waals surface area (Å²) in [5, 5.41) is 0. The quantitative estimate of drug-likeness (QED) is 0.651. The average molecular weight is 391 g/mol. The third-order valence-corrected chi connectivity index (χ3v) is 5.51. The molecule has 6 heteroatoms. The van der Waals surface area contributed by atoms with Gasteiger partial charge in [-0.25, -0.2) is 4.98 Å². The standard InChI is InChI=1S/C23H25N3O3/c1-29-18-8-4-6-16(14-18)23(28)17-7-5-13-26(15-17)22(27)12-11-21-24-19-9-2-3-10-20(19)25-21/h2-4,6,8-10,14,17H,5,7,11-13,15H2,1H3,(H,24,25)/t17-/m1/s1. The molecule has 1 aliphatic rings. The molecule has 0 aliphatic carbocycles. The Hall–Kier alpha value is -3.15. The molecule has 0 saturated carbocycles. The second kappa shape index (κ2) is 8.47. The molecule has 6 nitrogen and oxygen atoms in total. The fourth-order valence-corrected chi connectivity index (χ4v) is 3.94. The number of ketones is 1. The Morgan fingerprint density at radius 2 is 2.07 bits per heavy atom. The number of Topliss-reactive ketones (excluding diaryl/α,β-unsaturated/α-hetero) is 1. The normalized spacial score (nSPS) is 16.7. The molecule has 2 heterocycles. The number of H-pyrrole nitrogens is 1. The fraction of sp³-hybridized carbons (Fsp3) is 0.348. The highest BCUT2D eigenvalue weighted by Gasteiger charge is 2.29. The van der Waals surface area contributed by atoms with Gasteiger partial charge in [0.2, 0.25) is 5.91 Å². The van der Waals surface area contributed by atoms with Gasteiger partial charge in [0.25, 0.3) is 0 Å². The minimum absolute atomic E-state index is 0.0774. The Kier molecular flexibility index (Phi) is 5.60. The molecule has 0 radical (unpaired) electrons. The zero-order chi connectivity index (χ0) is 20.2. The molecule has 0 bridgehead atoms. The van der Waals surface area contributed by atoms with Crippen molar-refractivity contribution < 1.29 is 14.3 Å². The van der Waals surface area contributed by atoms with Gasteiger partial charge in [0.05, 0.1) is 18.1 Å². The molecular weight excluding hydrogens is 366 g/mol. The van der Waals surface area contributed by atoms with Crippen LogP contribution in [0.5, 0.6) is 5.75 Å². The van der Waals surface area contributed by atoms with Crippen molar-refractivity contribution in [2.24, 2.45) is 5.92 Å². The summed E-state index contributed by atoms with van der Waals surface area (Å²) in [7, 11) is 1.59. The van der Waals surface area contributed by atoms with Crippen molar-refractivity contribution >= 4 is 22.7 Å². The minimum atomic E-state index is -0.161. The number of benzene rings is 2. The summed E-state index contributed by atoms with van der Waals surface area (Å²) >= 11 is 0. The van der Waals surface area contributed by atoms with Crippen molar-refractivity contribution in [2.75, 3.05) is 20.2 Å². The molecule has 4 rings (SSSR count). The molecule has 1 aromatic heterocycles. The number of ether oxygens (including phenoxy) is 1. The van der Waals surface area contributed by atoms with Crippen molar-refractivity contribution in [3.8, 4) is 5.75 Å². The molecular formula is C23H25N3O3. The summed E-state index contributed by atoms with van der Waals surface area (Å²) in [6.07, 6.45) is 2.61. The maximum Gasteiger partial charge on any atom is 0.223 e. The monoisotopic (exact) mass is 391 g/mol. The van der Waals surface area contributed by atoms with E-state index in [0.29, 0.717) is 37.2 Å². The lowest BCUT2D eigenvalue weighted by Gasteiger charge is -2.32. The first-order valence-electron chi connectivity index (χ1n) is 10.0. The molecule has 1 N–H and O–H groups in total. The van der Waals surface area contributed by atoms with Crippen LogP contribution in [0.2, 0.25) is 0 Å². The number of imidazole rings is 1. The van der Waals surface area contributed by atoms with Crippen LogP contribution in [0, 0.1) is 5.92 Å². The van der Waals surface area contributed by atoms with E-state index in [2.05, 4.69) is 9.97 Å². The Morgan fingerprint density at radius 3 is 2.90 bits per heavy atom. The molecule has 1 atom stereocenters. The number of carbonyl (C=O) groups is 2. The van der Waals surface area contributed by atoms with Crippen molar-refractivity contribution in [3.63, 3.8) is 0 Å². The van der Waals surface area contributed by atoms with Crippen molar-refractivity contribution in [3.05, 3.63) is 59.9 Å². The van der Waals surface area contributed by atoms with Gasteiger partial charge in [-0.3, -0.25) is 9.59 Å². The molecule has 0 spiro atoms. The summed E-state index contributed by atoms with van der Waals surface area (Å²) in [5.74, 6) is 1.49. The van der Waals surface area contributed by atoms with E-state index in [1.165, 1.54) is 0 Å². The second-order valence-electron chi connectivity index (χ2n) is 7.48. The molecule has 150 valence electrons. The first kappa shape index (κ1) is 19.2. The molecule has 2 aromatic carbocycles. The van der Waals surface area contributed by atoms with Gasteiger partial charge in [-0.05, 0) is 37.1 Å². The van der Waals surface area contributed by atoms with Gasteiger partial charge in [-0.2, -0.15) is 0 Å². The van der Waals surface area contributed by atoms with Gasteiger partial charge >= 0.3 is 0 Å². The number of aryl methyl sites for hydroxylation is 1. The van der Waals surface area contributed by atoms with E-state index >= 15 is 0 Å². The number of rotatable bonds is 6. The Balaban J connectivity index is 1.37. The van der Waals surface area contributed by atoms with Gasteiger partial charge in [-0.15, -0.1) is 0 Å². The van der Waals surface area contributed by atoms with Crippen LogP contribution in [0.1, 0.15) is 35.4 Å². The summed E-state index contributed by atoms with van der Waals surface area (Å²) in [5.41, 5.74) is 2.54. The number of aromatic amines is 1. The van der Waals surface area contributed by atoms with Gasteiger partial charge in [0.15, 0.2) is 5.78 Å². The zero-order valence-electron chi connectivity index (χ0n) is 16.6. The van der Waals surface area contributed by atoms with Crippen LogP contribution in [0.4, 0.5) is 0 Å². The van der Waals surface area contributed by atoms with Crippen LogP contribution in [0.25, 0.3) is 11.0 Å². The van der Waals surface area contributed by atoms with Crippen molar-refractivity contribution in [1.29, 1.82) is 0 Å². The van der Waals surface area contributed by atoms with Crippen LogP contribution in [-0.2, 0) is 11.2 Å². The van der Waals surface area contributed by atoms with Gasteiger partial charge in [-0.1, -0.05) is 24.3 Å². The first-order chi connectivity index (χ1) is 14.1. The smallest absolute Gasteiger partial charge is 0.223 e. The number of nitrogens with one attached hydrogen (secondary N) is 1. The van der Waals surface area contributed by atoms with E-state index in [1.54, 1.807) is 13.2 Å². The van der Waals surface area contributed by atoms with E-state index in [9.17, 15) is 9.59 Å². The molecule has 0 unspecified atom stereocenters. The van der Waals surface area contributed by atoms with Crippen LogP contribution >= 0.6 is 0 Å². The van der Waals surface area contributed by atoms with E-state index in [0.717, 1.165) is 29.7 Å². The van der Waals surface area contributed by atoms with E-state index in [-0.39, 0.29) is 17.6 Å². The topological polar surface area (TPSA) is 75.3 Å². The third kappa shape index (κ3) is 4.31. The van der Waals surface area contributed by atoms with E-state index < -0.39 is 0 Å². The molecule has 3 aromatic rings. The van der Waals surface area contributed by atoms with E-state index in [1.807, 2.05) is 47.4 Å². The van der Waals surface area contributed by atoms with Crippen molar-refractivity contribution in [1.82, 2.24) is 14.9 Å². The fourth-order valence-electron chi connectivity index (χ4n) is 3.94. The number of para-hydroxylation sites is 2. The lowest BCUT2D eigenvalue weighted by Crippen LogP contribution is -2.42. The van der Waals surface area contributed by atoms with Gasteiger partial charge < -0.3 is 14.6 Å². The summed E-state index contributed by atoms with van der Waals surface area (Å²) in [6, 6.07) is 15.1. The average Bonchev–Trinajstić information content (AvgIpc) is 3.20. The summed E-state index contributed by atoms with van der Waals surface area (Å²) in [4.78, 5) is 35.3. The Labute approximate surface area is 169 Å². The highest BCUT2D eigenvalue weighted by atomic mass is 16.5. The molecule has 1 saturated heterocycles. The number of methoxy groups -OCH3 is 1. The second-order valence-corrected chi connectivity index (χ2v) is 7.48. The van der Waals surface area contributed by atoms with Gasteiger partial charge in [0.1, 0.15) is 11.6 Å². The van der Waals surface area contributed by atoms with Crippen LogP contribution in [0.15, 0.2) is 48.5 Å². The molecule has 1 amide bonds. The number of nitrogens with zero attached hydrogens (tertiary/aromatic N) is 2. The molecule has 1 fully saturated rings. The maximum absolute atomic E-state index is 12.9. The third-order valence-electron chi connectivity index (χ3n) is 5.51. The highest BCUT2D eigenvalue weighted by molar-refractivity contribution is 5.98. The first-order valence-corrected chi connectivity index (χ1v) is 10.0. The lowest BCUT2D eigenvalue weighted by atomic mass is 9.89. The Morgan fingerprint density at radius 1 is 1.21 bits per heavy atom. The number of piperidine rings is 1. The SMILES string of the molecule is COc1cccc(C(=O)[C@@H]2CCCN(C(=O)CCc3nc4ccccc4[nH]3)C2)c1. The van der Waals surface area contributed by atoms with Crippen LogP contribution in [-0.4, -0.2) is 46.8 Å². The number of amides is 1. The highest BCUT2D eigenvalue weighted by Crippen LogP contribution is 2.24. The van der Waals surface area contributed by atoms with Gasteiger partial charge in [0, 0.05) is 37.4 Å². The number of hydrogen-bond donors (Lipinski definition) is 1. The number of aromatic nitrogens is 2. The predicted molar refractivity (Wildman–Crippen MR) is 111 cm³/mol. The van der Waals surface area contributed by atoms with E-state index in [4.69, 9.17) is 4.74 Å². The number of carbonyl (C=O) groups excluding carboxylic acids is 2. The number of hydrogen-bond acceptors (Lipinski definition) is 4. The maximum atomic E-state index is 12.9. The van der Waals surface area contributed by atoms with Crippen LogP contribution < -0.4 is 4.74 Å². The molecule has 1 aliphatic heterocycles. The minimum Gasteiger partial charge on any atom is -0.497 e. The number of likely N-dealkylation sites (tertiary alicyclic amines) is 1. The number of fused-ring (bicyclic) bond motifs is 1. The Bertz CT molecular complexity index is 994.